The van der Waals surface area contributed by atoms with Gasteiger partial charge in [0.15, 0.2) is 0 Å². The van der Waals surface area contributed by atoms with Crippen LogP contribution >= 0.6 is 23.2 Å². The third kappa shape index (κ3) is 8.37. The number of anilines is 1. The van der Waals surface area contributed by atoms with Crippen LogP contribution in [0.5, 0.6) is 0 Å². The van der Waals surface area contributed by atoms with Gasteiger partial charge in [-0.2, -0.15) is 0 Å². The summed E-state index contributed by atoms with van der Waals surface area (Å²) in [5, 5.41) is 3.50. The number of halogens is 3. The Kier molecular flexibility index (Phi) is 11.4. The zero-order valence-corrected chi connectivity index (χ0v) is 26.3. The van der Waals surface area contributed by atoms with Crippen LogP contribution < -0.4 is 9.62 Å². The molecule has 0 bridgehead atoms. The van der Waals surface area contributed by atoms with Gasteiger partial charge in [0.25, 0.3) is 10.0 Å². The quantitative estimate of drug-likeness (QED) is 0.178. The third-order valence-electron chi connectivity index (χ3n) is 6.88. The first-order chi connectivity index (χ1) is 21.1. The van der Waals surface area contributed by atoms with Crippen molar-refractivity contribution in [2.45, 2.75) is 37.2 Å². The highest BCUT2D eigenvalue weighted by molar-refractivity contribution is 7.92. The van der Waals surface area contributed by atoms with Crippen LogP contribution in [-0.4, -0.2) is 44.3 Å². The van der Waals surface area contributed by atoms with E-state index in [1.165, 1.54) is 4.90 Å². The van der Waals surface area contributed by atoms with E-state index < -0.39 is 34.3 Å². The molecule has 4 aromatic rings. The average molecular weight is 657 g/mol. The predicted molar refractivity (Wildman–Crippen MR) is 172 cm³/mol. The first-order valence-corrected chi connectivity index (χ1v) is 16.2. The van der Waals surface area contributed by atoms with E-state index in [1.807, 2.05) is 37.3 Å². The second-order valence-electron chi connectivity index (χ2n) is 10.1. The number of hydrogen-bond acceptors (Lipinski definition) is 4. The molecule has 0 heterocycles. The van der Waals surface area contributed by atoms with E-state index in [1.54, 1.807) is 48.5 Å². The van der Waals surface area contributed by atoms with E-state index in [9.17, 15) is 22.4 Å². The molecule has 0 aliphatic heterocycles. The molecule has 4 rings (SSSR count). The van der Waals surface area contributed by atoms with Crippen LogP contribution in [0.2, 0.25) is 10.0 Å². The number of carbonyl (C=O) groups excluding carboxylic acids is 2. The van der Waals surface area contributed by atoms with Crippen LogP contribution in [0.3, 0.4) is 0 Å². The summed E-state index contributed by atoms with van der Waals surface area (Å²) in [6.45, 7) is 1.64. The van der Waals surface area contributed by atoms with E-state index in [0.717, 1.165) is 34.1 Å². The van der Waals surface area contributed by atoms with Crippen molar-refractivity contribution in [1.82, 2.24) is 10.2 Å². The van der Waals surface area contributed by atoms with Crippen LogP contribution in [-0.2, 0) is 32.6 Å². The van der Waals surface area contributed by atoms with Gasteiger partial charge in [-0.05, 0) is 66.1 Å². The maximum Gasteiger partial charge on any atom is 0.264 e. The van der Waals surface area contributed by atoms with Gasteiger partial charge < -0.3 is 10.2 Å². The van der Waals surface area contributed by atoms with Crippen LogP contribution in [0, 0.1) is 5.82 Å². The predicted octanol–water partition coefficient (Wildman–Crippen LogP) is 6.49. The molecule has 0 radical (unpaired) electrons. The Morgan fingerprint density at radius 3 is 2.09 bits per heavy atom. The minimum Gasteiger partial charge on any atom is -0.354 e. The molecule has 4 aromatic carbocycles. The first kappa shape index (κ1) is 33.0. The number of benzene rings is 4. The van der Waals surface area contributed by atoms with Gasteiger partial charge in [0.05, 0.1) is 20.6 Å². The fourth-order valence-corrected chi connectivity index (χ4v) is 6.35. The molecule has 0 aliphatic rings. The molecule has 0 spiro atoms. The molecule has 0 aromatic heterocycles. The number of hydrogen-bond donors (Lipinski definition) is 1. The molecule has 0 unspecified atom stereocenters. The van der Waals surface area contributed by atoms with Gasteiger partial charge in [0.2, 0.25) is 11.8 Å². The molecular formula is C33H32Cl2FN3O4S. The molecule has 0 aliphatic carbocycles. The standard InChI is InChI=1S/C33H32Cl2FN3O4S/c1-2-19-37-33(41)31(21-24-9-5-3-6-10-24)38(22-25-13-18-29(34)30(35)20-25)32(40)23-39(27-11-7-4-8-12-27)44(42,43)28-16-14-26(36)15-17-28/h3-18,20,31H,2,19,21-23H2,1H3,(H,37,41)/t31-/m1/s1. The summed E-state index contributed by atoms with van der Waals surface area (Å²) in [6.07, 6.45) is 0.863. The highest BCUT2D eigenvalue weighted by Gasteiger charge is 2.34. The fourth-order valence-electron chi connectivity index (χ4n) is 4.61. The van der Waals surface area contributed by atoms with Crippen molar-refractivity contribution in [2.24, 2.45) is 0 Å². The number of carbonyl (C=O) groups is 2. The van der Waals surface area contributed by atoms with Crippen molar-refractivity contribution < 1.29 is 22.4 Å². The average Bonchev–Trinajstić information content (AvgIpc) is 3.03. The molecule has 230 valence electrons. The molecule has 0 fully saturated rings. The Morgan fingerprint density at radius 2 is 1.48 bits per heavy atom. The monoisotopic (exact) mass is 655 g/mol. The number of nitrogens with zero attached hydrogens (tertiary/aromatic N) is 2. The number of amides is 2. The van der Waals surface area contributed by atoms with Crippen molar-refractivity contribution in [2.75, 3.05) is 17.4 Å². The molecule has 11 heteroatoms. The highest BCUT2D eigenvalue weighted by atomic mass is 35.5. The lowest BCUT2D eigenvalue weighted by Crippen LogP contribution is -2.53. The molecule has 1 N–H and O–H groups in total. The van der Waals surface area contributed by atoms with Crippen molar-refractivity contribution in [3.8, 4) is 0 Å². The largest absolute Gasteiger partial charge is 0.354 e. The van der Waals surface area contributed by atoms with Crippen molar-refractivity contribution in [3.05, 3.63) is 130 Å². The van der Waals surface area contributed by atoms with Crippen LogP contribution in [0.4, 0.5) is 10.1 Å². The van der Waals surface area contributed by atoms with E-state index in [-0.39, 0.29) is 34.5 Å². The van der Waals surface area contributed by atoms with Crippen molar-refractivity contribution in [1.29, 1.82) is 0 Å². The van der Waals surface area contributed by atoms with Gasteiger partial charge >= 0.3 is 0 Å². The summed E-state index contributed by atoms with van der Waals surface area (Å²) in [6, 6.07) is 25.7. The number of nitrogens with one attached hydrogen (secondary N) is 1. The minimum absolute atomic E-state index is 0.0496. The minimum atomic E-state index is -4.32. The summed E-state index contributed by atoms with van der Waals surface area (Å²) in [5.74, 6) is -1.60. The highest BCUT2D eigenvalue weighted by Crippen LogP contribution is 2.27. The summed E-state index contributed by atoms with van der Waals surface area (Å²) in [7, 11) is -4.32. The summed E-state index contributed by atoms with van der Waals surface area (Å²) < 4.78 is 42.4. The number of rotatable bonds is 13. The second-order valence-corrected chi connectivity index (χ2v) is 12.7. The number of sulfonamides is 1. The van der Waals surface area contributed by atoms with Crippen LogP contribution in [0.15, 0.2) is 108 Å². The summed E-state index contributed by atoms with van der Waals surface area (Å²) in [4.78, 5) is 29.2. The lowest BCUT2D eigenvalue weighted by Gasteiger charge is -2.34. The molecule has 1 atom stereocenters. The Hall–Kier alpha value is -3.92. The van der Waals surface area contributed by atoms with E-state index >= 15 is 0 Å². The molecular weight excluding hydrogens is 624 g/mol. The zero-order valence-electron chi connectivity index (χ0n) is 24.0. The molecule has 2 amide bonds. The van der Waals surface area contributed by atoms with Gasteiger partial charge in [0.1, 0.15) is 18.4 Å². The normalized spacial score (nSPS) is 11.9. The Morgan fingerprint density at radius 1 is 0.841 bits per heavy atom. The summed E-state index contributed by atoms with van der Waals surface area (Å²) in [5.41, 5.74) is 1.64. The lowest BCUT2D eigenvalue weighted by atomic mass is 10.0. The Labute approximate surface area is 267 Å². The van der Waals surface area contributed by atoms with Crippen molar-refractivity contribution in [3.63, 3.8) is 0 Å². The molecule has 7 nitrogen and oxygen atoms in total. The fraction of sp³-hybridized carbons (Fsp3) is 0.212. The van der Waals surface area contributed by atoms with E-state index in [2.05, 4.69) is 5.32 Å². The topological polar surface area (TPSA) is 86.8 Å². The maximum atomic E-state index is 14.3. The first-order valence-electron chi connectivity index (χ1n) is 14.0. The lowest BCUT2D eigenvalue weighted by molar-refractivity contribution is -0.140. The van der Waals surface area contributed by atoms with Gasteiger partial charge in [-0.3, -0.25) is 13.9 Å². The molecule has 0 saturated carbocycles. The van der Waals surface area contributed by atoms with Gasteiger partial charge in [-0.25, -0.2) is 12.8 Å². The summed E-state index contributed by atoms with van der Waals surface area (Å²) >= 11 is 12.4. The third-order valence-corrected chi connectivity index (χ3v) is 9.41. The van der Waals surface area contributed by atoms with E-state index in [4.69, 9.17) is 23.2 Å². The van der Waals surface area contributed by atoms with Crippen molar-refractivity contribution >= 4 is 50.7 Å². The van der Waals surface area contributed by atoms with Gasteiger partial charge in [-0.15, -0.1) is 0 Å². The van der Waals surface area contributed by atoms with Crippen LogP contribution in [0.25, 0.3) is 0 Å². The van der Waals surface area contributed by atoms with Gasteiger partial charge in [-0.1, -0.05) is 84.7 Å². The Bertz CT molecular complexity index is 1670. The smallest absolute Gasteiger partial charge is 0.264 e. The maximum absolute atomic E-state index is 14.3. The number of para-hydroxylation sites is 1. The van der Waals surface area contributed by atoms with E-state index in [0.29, 0.717) is 23.6 Å². The SMILES string of the molecule is CCCNC(=O)[C@@H](Cc1ccccc1)N(Cc1ccc(Cl)c(Cl)c1)C(=O)CN(c1ccccc1)S(=O)(=O)c1ccc(F)cc1. The van der Waals surface area contributed by atoms with Crippen LogP contribution in [0.1, 0.15) is 24.5 Å². The zero-order chi connectivity index (χ0) is 31.7. The second kappa shape index (κ2) is 15.2. The molecule has 44 heavy (non-hydrogen) atoms. The van der Waals surface area contributed by atoms with Gasteiger partial charge in [0, 0.05) is 19.5 Å². The Balaban J connectivity index is 1.79. The molecule has 0 saturated heterocycles.